The summed E-state index contributed by atoms with van der Waals surface area (Å²) in [6.45, 7) is 3.09. The topological polar surface area (TPSA) is 38.7 Å². The van der Waals surface area contributed by atoms with E-state index in [0.717, 1.165) is 6.42 Å². The highest BCUT2D eigenvalue weighted by Gasteiger charge is 2.19. The second-order valence-corrected chi connectivity index (χ2v) is 3.03. The standard InChI is InChI=1S/C10H16O3/c1-2-3-4-5-9(11)8-10-12-6-7-13-10/h9-11H,4-8H2,1H3. The van der Waals surface area contributed by atoms with E-state index >= 15 is 0 Å². The van der Waals surface area contributed by atoms with E-state index in [9.17, 15) is 5.11 Å². The molecular formula is C10H16O3. The number of aliphatic hydroxyl groups excluding tert-OH is 1. The summed E-state index contributed by atoms with van der Waals surface area (Å²) in [5.41, 5.74) is 0. The van der Waals surface area contributed by atoms with Crippen molar-refractivity contribution in [2.75, 3.05) is 13.2 Å². The van der Waals surface area contributed by atoms with Gasteiger partial charge >= 0.3 is 0 Å². The number of aliphatic hydroxyl groups is 1. The molecule has 13 heavy (non-hydrogen) atoms. The molecule has 0 aromatic rings. The van der Waals surface area contributed by atoms with Crippen molar-refractivity contribution in [2.45, 2.75) is 38.6 Å². The first kappa shape index (κ1) is 10.5. The zero-order valence-electron chi connectivity index (χ0n) is 7.95. The van der Waals surface area contributed by atoms with Gasteiger partial charge in [-0.15, -0.1) is 11.8 Å². The fourth-order valence-electron chi connectivity index (χ4n) is 1.25. The highest BCUT2D eigenvalue weighted by Crippen LogP contribution is 2.12. The van der Waals surface area contributed by atoms with Crippen molar-refractivity contribution in [3.63, 3.8) is 0 Å². The molecule has 1 aliphatic heterocycles. The van der Waals surface area contributed by atoms with Gasteiger partial charge in [-0.25, -0.2) is 0 Å². The van der Waals surface area contributed by atoms with E-state index in [0.29, 0.717) is 26.1 Å². The first-order chi connectivity index (χ1) is 6.33. The minimum Gasteiger partial charge on any atom is -0.393 e. The fraction of sp³-hybridized carbons (Fsp3) is 0.800. The van der Waals surface area contributed by atoms with Gasteiger partial charge in [0, 0.05) is 12.8 Å². The van der Waals surface area contributed by atoms with E-state index in [-0.39, 0.29) is 12.4 Å². The second-order valence-electron chi connectivity index (χ2n) is 3.03. The van der Waals surface area contributed by atoms with Gasteiger partial charge in [0.1, 0.15) is 0 Å². The molecule has 0 amide bonds. The van der Waals surface area contributed by atoms with Crippen molar-refractivity contribution in [1.29, 1.82) is 0 Å². The van der Waals surface area contributed by atoms with Crippen LogP contribution in [0.4, 0.5) is 0 Å². The number of hydrogen-bond donors (Lipinski definition) is 1. The maximum absolute atomic E-state index is 9.51. The van der Waals surface area contributed by atoms with Gasteiger partial charge in [0.2, 0.25) is 0 Å². The Hall–Kier alpha value is -0.560. The molecule has 1 fully saturated rings. The summed E-state index contributed by atoms with van der Waals surface area (Å²) >= 11 is 0. The molecule has 1 rings (SSSR count). The van der Waals surface area contributed by atoms with E-state index in [1.807, 2.05) is 0 Å². The molecule has 0 aromatic carbocycles. The molecule has 1 heterocycles. The van der Waals surface area contributed by atoms with Crippen LogP contribution in [-0.4, -0.2) is 30.7 Å². The van der Waals surface area contributed by atoms with Crippen molar-refractivity contribution >= 4 is 0 Å². The Balaban J connectivity index is 2.07. The lowest BCUT2D eigenvalue weighted by Gasteiger charge is -2.13. The number of rotatable bonds is 4. The second kappa shape index (κ2) is 5.98. The minimum absolute atomic E-state index is 0.204. The van der Waals surface area contributed by atoms with Crippen LogP contribution in [0.1, 0.15) is 26.2 Å². The molecule has 0 saturated carbocycles. The first-order valence-corrected chi connectivity index (χ1v) is 4.64. The van der Waals surface area contributed by atoms with Gasteiger partial charge < -0.3 is 14.6 Å². The molecular weight excluding hydrogens is 168 g/mol. The van der Waals surface area contributed by atoms with Gasteiger partial charge in [-0.05, 0) is 13.3 Å². The van der Waals surface area contributed by atoms with Gasteiger partial charge in [0.25, 0.3) is 0 Å². The highest BCUT2D eigenvalue weighted by atomic mass is 16.7. The summed E-state index contributed by atoms with van der Waals surface area (Å²) in [4.78, 5) is 0. The molecule has 74 valence electrons. The monoisotopic (exact) mass is 184 g/mol. The van der Waals surface area contributed by atoms with Crippen LogP contribution < -0.4 is 0 Å². The third kappa shape index (κ3) is 4.28. The third-order valence-corrected chi connectivity index (χ3v) is 1.93. The molecule has 3 heteroatoms. The molecule has 0 aromatic heterocycles. The van der Waals surface area contributed by atoms with Crippen molar-refractivity contribution < 1.29 is 14.6 Å². The minimum atomic E-state index is -0.357. The average molecular weight is 184 g/mol. The fourth-order valence-corrected chi connectivity index (χ4v) is 1.25. The maximum atomic E-state index is 9.51. The van der Waals surface area contributed by atoms with Crippen molar-refractivity contribution in [3.8, 4) is 11.8 Å². The van der Waals surface area contributed by atoms with Crippen LogP contribution in [0.3, 0.4) is 0 Å². The lowest BCUT2D eigenvalue weighted by Crippen LogP contribution is -2.18. The molecule has 0 spiro atoms. The van der Waals surface area contributed by atoms with Crippen LogP contribution in [0.15, 0.2) is 0 Å². The molecule has 0 aliphatic carbocycles. The van der Waals surface area contributed by atoms with E-state index in [4.69, 9.17) is 9.47 Å². The van der Waals surface area contributed by atoms with Gasteiger partial charge in [-0.2, -0.15) is 0 Å². The summed E-state index contributed by atoms with van der Waals surface area (Å²) in [6.07, 6.45) is 1.44. The van der Waals surface area contributed by atoms with Crippen LogP contribution in [0.2, 0.25) is 0 Å². The Kier molecular flexibility index (Phi) is 4.84. The smallest absolute Gasteiger partial charge is 0.160 e. The van der Waals surface area contributed by atoms with Gasteiger partial charge in [0.05, 0.1) is 19.3 Å². The summed E-state index contributed by atoms with van der Waals surface area (Å²) in [6, 6.07) is 0. The molecule has 1 N–H and O–H groups in total. The SMILES string of the molecule is CC#CCCC(O)CC1OCCO1. The normalized spacial score (nSPS) is 19.5. The Bertz CT molecular complexity index is 186. The lowest BCUT2D eigenvalue weighted by molar-refractivity contribution is -0.0708. The average Bonchev–Trinajstić information content (AvgIpc) is 2.57. The quantitative estimate of drug-likeness (QED) is 0.660. The van der Waals surface area contributed by atoms with Crippen molar-refractivity contribution in [2.24, 2.45) is 0 Å². The van der Waals surface area contributed by atoms with Crippen LogP contribution in [0.25, 0.3) is 0 Å². The Morgan fingerprint density at radius 1 is 1.46 bits per heavy atom. The zero-order chi connectivity index (χ0) is 9.52. The van der Waals surface area contributed by atoms with Crippen LogP contribution in [0.5, 0.6) is 0 Å². The Morgan fingerprint density at radius 3 is 2.77 bits per heavy atom. The molecule has 3 nitrogen and oxygen atoms in total. The van der Waals surface area contributed by atoms with Crippen LogP contribution >= 0.6 is 0 Å². The van der Waals surface area contributed by atoms with Crippen molar-refractivity contribution in [3.05, 3.63) is 0 Å². The van der Waals surface area contributed by atoms with Crippen molar-refractivity contribution in [1.82, 2.24) is 0 Å². The Labute approximate surface area is 79.0 Å². The lowest BCUT2D eigenvalue weighted by atomic mass is 10.1. The Morgan fingerprint density at radius 2 is 2.15 bits per heavy atom. The molecule has 1 unspecified atom stereocenters. The summed E-state index contributed by atoms with van der Waals surface area (Å²) < 4.78 is 10.4. The van der Waals surface area contributed by atoms with Gasteiger partial charge in [-0.1, -0.05) is 0 Å². The van der Waals surface area contributed by atoms with E-state index < -0.39 is 0 Å². The molecule has 0 radical (unpaired) electrons. The number of hydrogen-bond acceptors (Lipinski definition) is 3. The summed E-state index contributed by atoms with van der Waals surface area (Å²) in [5.74, 6) is 5.71. The van der Waals surface area contributed by atoms with Crippen LogP contribution in [-0.2, 0) is 9.47 Å². The molecule has 1 saturated heterocycles. The highest BCUT2D eigenvalue weighted by molar-refractivity contribution is 4.95. The van der Waals surface area contributed by atoms with E-state index in [2.05, 4.69) is 11.8 Å². The predicted octanol–water partition coefficient (Wildman–Crippen LogP) is 0.914. The molecule has 1 atom stereocenters. The third-order valence-electron chi connectivity index (χ3n) is 1.93. The maximum Gasteiger partial charge on any atom is 0.160 e. The van der Waals surface area contributed by atoms with Gasteiger partial charge in [-0.3, -0.25) is 0 Å². The summed E-state index contributed by atoms with van der Waals surface area (Å²) in [7, 11) is 0. The first-order valence-electron chi connectivity index (χ1n) is 4.64. The molecule has 1 aliphatic rings. The zero-order valence-corrected chi connectivity index (χ0v) is 7.95. The van der Waals surface area contributed by atoms with Crippen LogP contribution in [0, 0.1) is 11.8 Å². The largest absolute Gasteiger partial charge is 0.393 e. The molecule has 0 bridgehead atoms. The summed E-state index contributed by atoms with van der Waals surface area (Å²) in [5, 5.41) is 9.51. The van der Waals surface area contributed by atoms with E-state index in [1.54, 1.807) is 6.92 Å². The number of ether oxygens (including phenoxy) is 2. The predicted molar refractivity (Wildman–Crippen MR) is 49.0 cm³/mol. The van der Waals surface area contributed by atoms with Gasteiger partial charge in [0.15, 0.2) is 6.29 Å². The van der Waals surface area contributed by atoms with E-state index in [1.165, 1.54) is 0 Å².